The Bertz CT molecular complexity index is 797. The van der Waals surface area contributed by atoms with Crippen molar-refractivity contribution in [3.05, 3.63) is 29.8 Å². The van der Waals surface area contributed by atoms with Crippen molar-refractivity contribution in [2.75, 3.05) is 23.8 Å². The molecule has 0 aliphatic heterocycles. The first-order valence-corrected chi connectivity index (χ1v) is 8.70. The van der Waals surface area contributed by atoms with Gasteiger partial charge in [-0.25, -0.2) is 0 Å². The molecule has 0 saturated carbocycles. The highest BCUT2D eigenvalue weighted by Crippen LogP contribution is 2.31. The zero-order chi connectivity index (χ0) is 21.5. The molecule has 1 aromatic carbocycles. The molecule has 0 amide bonds. The van der Waals surface area contributed by atoms with Crippen LogP contribution >= 0.6 is 0 Å². The van der Waals surface area contributed by atoms with Crippen LogP contribution in [0.4, 0.5) is 43.9 Å². The Morgan fingerprint density at radius 2 is 1.69 bits per heavy atom. The minimum absolute atomic E-state index is 0.00438. The van der Waals surface area contributed by atoms with Crippen molar-refractivity contribution >= 4 is 17.6 Å². The van der Waals surface area contributed by atoms with Crippen molar-refractivity contribution < 1.29 is 31.1 Å². The van der Waals surface area contributed by atoms with E-state index in [-0.39, 0.29) is 17.6 Å². The molecule has 0 spiro atoms. The topological polar surface area (TPSA) is 72.0 Å². The predicted molar refractivity (Wildman–Crippen MR) is 94.1 cm³/mol. The van der Waals surface area contributed by atoms with Crippen molar-refractivity contribution in [1.29, 1.82) is 0 Å². The van der Waals surface area contributed by atoms with Crippen LogP contribution in [0.3, 0.4) is 0 Å². The number of aromatic nitrogens is 3. The zero-order valence-corrected chi connectivity index (χ0v) is 15.4. The molecule has 0 aliphatic rings. The number of alkyl halides is 6. The summed E-state index contributed by atoms with van der Waals surface area (Å²) >= 11 is 0. The van der Waals surface area contributed by atoms with Gasteiger partial charge in [-0.15, -0.1) is 0 Å². The van der Waals surface area contributed by atoms with Gasteiger partial charge in [0, 0.05) is 12.2 Å². The molecule has 2 aromatic rings. The Hall–Kier alpha value is -2.79. The van der Waals surface area contributed by atoms with Crippen LogP contribution in [-0.2, 0) is 6.18 Å². The normalized spacial score (nSPS) is 12.0. The molecule has 0 aliphatic carbocycles. The summed E-state index contributed by atoms with van der Waals surface area (Å²) < 4.78 is 80.3. The molecule has 2 rings (SSSR count). The summed E-state index contributed by atoms with van der Waals surface area (Å²) in [6.07, 6.45) is -6.50. The quantitative estimate of drug-likeness (QED) is 0.428. The Labute approximate surface area is 162 Å². The van der Waals surface area contributed by atoms with Crippen molar-refractivity contribution in [2.45, 2.75) is 38.5 Å². The average molecular weight is 423 g/mol. The summed E-state index contributed by atoms with van der Waals surface area (Å²) in [5.41, 5.74) is -0.896. The lowest BCUT2D eigenvalue weighted by Gasteiger charge is -2.13. The third-order valence-corrected chi connectivity index (χ3v) is 3.49. The largest absolute Gasteiger partial charge is 0.454 e. The van der Waals surface area contributed by atoms with E-state index in [1.807, 2.05) is 6.92 Å². The standard InChI is InChI=1S/C17H19F6N5O/c1-2-3-4-8-24-13-26-14(28-15(27-13)29-10-16(18,19)20)25-12-7-5-6-11(9-12)17(21,22)23/h5-7,9H,2-4,8,10H2,1H3,(H2,24,25,26,27,28). The summed E-state index contributed by atoms with van der Waals surface area (Å²) in [7, 11) is 0. The number of rotatable bonds is 9. The molecular weight excluding hydrogens is 404 g/mol. The Kier molecular flexibility index (Phi) is 7.46. The molecule has 0 fully saturated rings. The Balaban J connectivity index is 2.22. The van der Waals surface area contributed by atoms with Crippen molar-refractivity contribution in [3.8, 4) is 6.01 Å². The maximum absolute atomic E-state index is 12.8. The molecule has 1 heterocycles. The highest BCUT2D eigenvalue weighted by molar-refractivity contribution is 5.55. The summed E-state index contributed by atoms with van der Waals surface area (Å²) in [6, 6.07) is 3.62. The van der Waals surface area contributed by atoms with Crippen LogP contribution in [0, 0.1) is 0 Å². The maximum atomic E-state index is 12.8. The monoisotopic (exact) mass is 423 g/mol. The first-order valence-electron chi connectivity index (χ1n) is 8.70. The number of hydrogen-bond donors (Lipinski definition) is 2. The van der Waals surface area contributed by atoms with Gasteiger partial charge in [-0.05, 0) is 24.6 Å². The van der Waals surface area contributed by atoms with Gasteiger partial charge in [0.2, 0.25) is 11.9 Å². The third-order valence-electron chi connectivity index (χ3n) is 3.49. The Morgan fingerprint density at radius 1 is 0.966 bits per heavy atom. The molecule has 6 nitrogen and oxygen atoms in total. The molecule has 2 N–H and O–H groups in total. The van der Waals surface area contributed by atoms with E-state index >= 15 is 0 Å². The van der Waals surface area contributed by atoms with Crippen LogP contribution in [0.15, 0.2) is 24.3 Å². The zero-order valence-electron chi connectivity index (χ0n) is 15.4. The predicted octanol–water partition coefficient (Wildman–Crippen LogP) is 5.18. The van der Waals surface area contributed by atoms with E-state index in [4.69, 9.17) is 0 Å². The number of nitrogens with one attached hydrogen (secondary N) is 2. The smallest absolute Gasteiger partial charge is 0.422 e. The Morgan fingerprint density at radius 3 is 2.34 bits per heavy atom. The molecule has 0 radical (unpaired) electrons. The second-order valence-corrected chi connectivity index (χ2v) is 6.01. The van der Waals surface area contributed by atoms with Crippen molar-refractivity contribution in [2.24, 2.45) is 0 Å². The summed E-state index contributed by atoms with van der Waals surface area (Å²) in [6.45, 7) is 0.845. The van der Waals surface area contributed by atoms with E-state index in [9.17, 15) is 26.3 Å². The molecule has 0 unspecified atom stereocenters. The molecule has 0 saturated heterocycles. The molecule has 0 bridgehead atoms. The van der Waals surface area contributed by atoms with Crippen LogP contribution in [0.5, 0.6) is 6.01 Å². The second kappa shape index (κ2) is 9.61. The second-order valence-electron chi connectivity index (χ2n) is 6.01. The van der Waals surface area contributed by atoms with Crippen LogP contribution in [0.2, 0.25) is 0 Å². The van der Waals surface area contributed by atoms with Gasteiger partial charge in [0.05, 0.1) is 5.56 Å². The number of hydrogen-bond acceptors (Lipinski definition) is 6. The van der Waals surface area contributed by atoms with Gasteiger partial charge in [0.1, 0.15) is 0 Å². The SMILES string of the molecule is CCCCCNc1nc(Nc2cccc(C(F)(F)F)c2)nc(OCC(F)(F)F)n1. The number of anilines is 3. The van der Waals surface area contributed by atoms with Gasteiger partial charge in [-0.1, -0.05) is 25.8 Å². The molecular formula is C17H19F6N5O. The van der Waals surface area contributed by atoms with Gasteiger partial charge in [-0.2, -0.15) is 41.3 Å². The summed E-state index contributed by atoms with van der Waals surface area (Å²) in [5.74, 6) is -0.308. The highest BCUT2D eigenvalue weighted by Gasteiger charge is 2.31. The van der Waals surface area contributed by atoms with Crippen LogP contribution in [0.1, 0.15) is 31.7 Å². The van der Waals surface area contributed by atoms with Crippen LogP contribution in [0.25, 0.3) is 0 Å². The van der Waals surface area contributed by atoms with Gasteiger partial charge in [0.15, 0.2) is 6.61 Å². The third kappa shape index (κ3) is 8.00. The molecule has 12 heteroatoms. The van der Waals surface area contributed by atoms with Gasteiger partial charge in [-0.3, -0.25) is 0 Å². The average Bonchev–Trinajstić information content (AvgIpc) is 2.62. The fourth-order valence-corrected chi connectivity index (χ4v) is 2.18. The number of halogens is 6. The number of nitrogens with zero attached hydrogens (tertiary/aromatic N) is 3. The van der Waals surface area contributed by atoms with Crippen molar-refractivity contribution in [3.63, 3.8) is 0 Å². The first-order chi connectivity index (χ1) is 13.6. The lowest BCUT2D eigenvalue weighted by atomic mass is 10.2. The molecule has 0 atom stereocenters. The van der Waals surface area contributed by atoms with Crippen molar-refractivity contribution in [1.82, 2.24) is 15.0 Å². The van der Waals surface area contributed by atoms with E-state index in [1.165, 1.54) is 12.1 Å². The highest BCUT2D eigenvalue weighted by atomic mass is 19.4. The van der Waals surface area contributed by atoms with E-state index in [0.29, 0.717) is 6.54 Å². The minimum atomic E-state index is -4.60. The summed E-state index contributed by atoms with van der Waals surface area (Å²) in [4.78, 5) is 11.4. The van der Waals surface area contributed by atoms with Gasteiger partial charge < -0.3 is 15.4 Å². The fourth-order valence-electron chi connectivity index (χ4n) is 2.18. The van der Waals surface area contributed by atoms with E-state index < -0.39 is 30.5 Å². The van der Waals surface area contributed by atoms with Gasteiger partial charge in [0.25, 0.3) is 0 Å². The maximum Gasteiger partial charge on any atom is 0.422 e. The molecule has 29 heavy (non-hydrogen) atoms. The van der Waals surface area contributed by atoms with Gasteiger partial charge >= 0.3 is 18.4 Å². The molecule has 1 aromatic heterocycles. The van der Waals surface area contributed by atoms with Crippen LogP contribution in [-0.4, -0.2) is 34.3 Å². The van der Waals surface area contributed by atoms with E-state index in [2.05, 4.69) is 30.3 Å². The molecule has 160 valence electrons. The summed E-state index contributed by atoms with van der Waals surface area (Å²) in [5, 5.41) is 5.37. The lowest BCUT2D eigenvalue weighted by Crippen LogP contribution is -2.21. The van der Waals surface area contributed by atoms with E-state index in [0.717, 1.165) is 31.4 Å². The number of ether oxygens (including phenoxy) is 1. The minimum Gasteiger partial charge on any atom is -0.454 e. The lowest BCUT2D eigenvalue weighted by molar-refractivity contribution is -0.154. The first kappa shape index (κ1) is 22.5. The number of unbranched alkanes of at least 4 members (excludes halogenated alkanes) is 2. The number of benzene rings is 1. The van der Waals surface area contributed by atoms with E-state index in [1.54, 1.807) is 0 Å². The fraction of sp³-hybridized carbons (Fsp3) is 0.471. The van der Waals surface area contributed by atoms with Crippen LogP contribution < -0.4 is 15.4 Å².